The van der Waals surface area contributed by atoms with Crippen LogP contribution in [0.5, 0.6) is 0 Å². The SMILES string of the molecule is CC1(C)OC(=O)c2c1ccnc2Nc1cc(C2CCCC2)[nH]n1. The molecule has 0 aromatic carbocycles. The molecule has 2 aliphatic rings. The van der Waals surface area contributed by atoms with Gasteiger partial charge in [-0.3, -0.25) is 5.10 Å². The normalized spacial score (nSPS) is 19.7. The molecular formula is C17H20N4O2. The van der Waals surface area contributed by atoms with Gasteiger partial charge in [-0.15, -0.1) is 0 Å². The number of aromatic nitrogens is 3. The van der Waals surface area contributed by atoms with Crippen LogP contribution in [-0.2, 0) is 10.3 Å². The van der Waals surface area contributed by atoms with E-state index in [0.29, 0.717) is 23.1 Å². The monoisotopic (exact) mass is 312 g/mol. The van der Waals surface area contributed by atoms with Gasteiger partial charge in [-0.25, -0.2) is 9.78 Å². The maximum Gasteiger partial charge on any atom is 0.343 e. The Balaban J connectivity index is 1.63. The summed E-state index contributed by atoms with van der Waals surface area (Å²) in [7, 11) is 0. The number of rotatable bonds is 3. The molecule has 2 N–H and O–H groups in total. The van der Waals surface area contributed by atoms with Crippen molar-refractivity contribution < 1.29 is 9.53 Å². The predicted molar refractivity (Wildman–Crippen MR) is 85.8 cm³/mol. The number of cyclic esters (lactones) is 1. The fourth-order valence-electron chi connectivity index (χ4n) is 3.57. The van der Waals surface area contributed by atoms with Gasteiger partial charge in [0.2, 0.25) is 0 Å². The highest BCUT2D eigenvalue weighted by atomic mass is 16.6. The molecule has 2 aromatic rings. The minimum atomic E-state index is -0.619. The molecule has 1 saturated carbocycles. The van der Waals surface area contributed by atoms with E-state index in [1.165, 1.54) is 25.7 Å². The number of nitrogens with zero attached hydrogens (tertiary/aromatic N) is 2. The third-order valence-electron chi connectivity index (χ3n) is 4.79. The van der Waals surface area contributed by atoms with E-state index in [1.807, 2.05) is 26.0 Å². The van der Waals surface area contributed by atoms with E-state index in [-0.39, 0.29) is 5.97 Å². The van der Waals surface area contributed by atoms with Gasteiger partial charge in [0.15, 0.2) is 5.82 Å². The Morgan fingerprint density at radius 1 is 1.35 bits per heavy atom. The van der Waals surface area contributed by atoms with Crippen molar-refractivity contribution in [3.05, 3.63) is 35.2 Å². The van der Waals surface area contributed by atoms with Crippen molar-refractivity contribution in [1.82, 2.24) is 15.2 Å². The van der Waals surface area contributed by atoms with Crippen LogP contribution in [0.25, 0.3) is 0 Å². The van der Waals surface area contributed by atoms with Crippen LogP contribution in [0.3, 0.4) is 0 Å². The summed E-state index contributed by atoms with van der Waals surface area (Å²) in [6.07, 6.45) is 6.67. The number of fused-ring (bicyclic) bond motifs is 1. The van der Waals surface area contributed by atoms with Gasteiger partial charge >= 0.3 is 5.97 Å². The molecule has 6 heteroatoms. The van der Waals surface area contributed by atoms with E-state index in [9.17, 15) is 4.79 Å². The Bertz CT molecular complexity index is 760. The molecule has 0 spiro atoms. The maximum absolute atomic E-state index is 12.2. The number of hydrogen-bond donors (Lipinski definition) is 2. The number of aromatic amines is 1. The quantitative estimate of drug-likeness (QED) is 0.846. The van der Waals surface area contributed by atoms with Crippen LogP contribution in [0.4, 0.5) is 11.6 Å². The first-order valence-electron chi connectivity index (χ1n) is 8.10. The van der Waals surface area contributed by atoms with Gasteiger partial charge in [-0.05, 0) is 32.8 Å². The number of ether oxygens (including phenoxy) is 1. The second-order valence-electron chi connectivity index (χ2n) is 6.80. The number of carbonyl (C=O) groups excluding carboxylic acids is 1. The third-order valence-corrected chi connectivity index (χ3v) is 4.79. The highest BCUT2D eigenvalue weighted by Gasteiger charge is 2.40. The molecule has 0 saturated heterocycles. The van der Waals surface area contributed by atoms with E-state index in [2.05, 4.69) is 20.5 Å². The van der Waals surface area contributed by atoms with Gasteiger partial charge in [-0.1, -0.05) is 12.8 Å². The highest BCUT2D eigenvalue weighted by Crippen LogP contribution is 2.39. The lowest BCUT2D eigenvalue weighted by Crippen LogP contribution is -2.15. The summed E-state index contributed by atoms with van der Waals surface area (Å²) in [5.41, 5.74) is 1.89. The minimum Gasteiger partial charge on any atom is -0.451 e. The van der Waals surface area contributed by atoms with E-state index in [4.69, 9.17) is 4.74 Å². The van der Waals surface area contributed by atoms with Gasteiger partial charge in [-0.2, -0.15) is 5.10 Å². The Kier molecular flexibility index (Phi) is 3.14. The van der Waals surface area contributed by atoms with Crippen LogP contribution < -0.4 is 5.32 Å². The average molecular weight is 312 g/mol. The van der Waals surface area contributed by atoms with Crippen LogP contribution in [0.2, 0.25) is 0 Å². The first-order valence-corrected chi connectivity index (χ1v) is 8.10. The number of nitrogens with one attached hydrogen (secondary N) is 2. The number of hydrogen-bond acceptors (Lipinski definition) is 5. The van der Waals surface area contributed by atoms with Gasteiger partial charge in [0.25, 0.3) is 0 Å². The van der Waals surface area contributed by atoms with Crippen molar-refractivity contribution in [3.8, 4) is 0 Å². The van der Waals surface area contributed by atoms with Crippen molar-refractivity contribution in [3.63, 3.8) is 0 Å². The number of carbonyl (C=O) groups is 1. The topological polar surface area (TPSA) is 79.9 Å². The highest BCUT2D eigenvalue weighted by molar-refractivity contribution is 6.00. The Morgan fingerprint density at radius 3 is 2.91 bits per heavy atom. The number of esters is 1. The van der Waals surface area contributed by atoms with Crippen molar-refractivity contribution in [1.29, 1.82) is 0 Å². The minimum absolute atomic E-state index is 0.341. The molecule has 0 radical (unpaired) electrons. The zero-order valence-corrected chi connectivity index (χ0v) is 13.3. The first-order chi connectivity index (χ1) is 11.0. The second-order valence-corrected chi connectivity index (χ2v) is 6.80. The molecule has 0 unspecified atom stereocenters. The number of anilines is 2. The molecule has 0 atom stereocenters. The fraction of sp³-hybridized carbons (Fsp3) is 0.471. The molecule has 120 valence electrons. The summed E-state index contributed by atoms with van der Waals surface area (Å²) in [5, 5.41) is 10.6. The fourth-order valence-corrected chi connectivity index (χ4v) is 3.57. The zero-order chi connectivity index (χ0) is 16.0. The van der Waals surface area contributed by atoms with Crippen LogP contribution >= 0.6 is 0 Å². The van der Waals surface area contributed by atoms with E-state index in [1.54, 1.807) is 6.20 Å². The summed E-state index contributed by atoms with van der Waals surface area (Å²) in [6, 6.07) is 3.85. The standard InChI is InChI=1S/C17H20N4O2/c1-17(2)11-7-8-18-15(14(11)16(22)23-17)19-13-9-12(20-21-13)10-5-3-4-6-10/h7-10H,3-6H2,1-2H3,(H2,18,19,20,21). The molecule has 3 heterocycles. The molecule has 4 rings (SSSR count). The first kappa shape index (κ1) is 14.2. The molecular weight excluding hydrogens is 292 g/mol. The number of pyridine rings is 1. The van der Waals surface area contributed by atoms with Crippen molar-refractivity contribution in [2.75, 3.05) is 5.32 Å². The summed E-state index contributed by atoms with van der Waals surface area (Å²) in [6.45, 7) is 3.76. The van der Waals surface area contributed by atoms with Crippen LogP contribution in [-0.4, -0.2) is 21.2 Å². The van der Waals surface area contributed by atoms with Gasteiger partial charge in [0, 0.05) is 29.4 Å². The molecule has 6 nitrogen and oxygen atoms in total. The van der Waals surface area contributed by atoms with Gasteiger partial charge in [0.05, 0.1) is 0 Å². The van der Waals surface area contributed by atoms with Crippen molar-refractivity contribution in [2.45, 2.75) is 51.0 Å². The van der Waals surface area contributed by atoms with Crippen LogP contribution in [0.15, 0.2) is 18.3 Å². The molecule has 2 aromatic heterocycles. The Hall–Kier alpha value is -2.37. The van der Waals surface area contributed by atoms with Crippen molar-refractivity contribution >= 4 is 17.6 Å². The van der Waals surface area contributed by atoms with Crippen molar-refractivity contribution in [2.24, 2.45) is 0 Å². The smallest absolute Gasteiger partial charge is 0.343 e. The molecule has 23 heavy (non-hydrogen) atoms. The van der Waals surface area contributed by atoms with Gasteiger partial charge in [0.1, 0.15) is 17.0 Å². The summed E-state index contributed by atoms with van der Waals surface area (Å²) < 4.78 is 5.44. The molecule has 1 aliphatic heterocycles. The van der Waals surface area contributed by atoms with Gasteiger partial charge < -0.3 is 10.1 Å². The average Bonchev–Trinajstić information content (AvgIpc) is 3.20. The lowest BCUT2D eigenvalue weighted by molar-refractivity contribution is 0.00958. The Labute approximate surface area is 134 Å². The van der Waals surface area contributed by atoms with E-state index >= 15 is 0 Å². The summed E-state index contributed by atoms with van der Waals surface area (Å²) in [5.74, 6) is 1.41. The summed E-state index contributed by atoms with van der Waals surface area (Å²) in [4.78, 5) is 16.5. The molecule has 0 bridgehead atoms. The Morgan fingerprint density at radius 2 is 2.13 bits per heavy atom. The lowest BCUT2D eigenvalue weighted by atomic mass is 9.97. The van der Waals surface area contributed by atoms with Crippen LogP contribution in [0, 0.1) is 0 Å². The predicted octanol–water partition coefficient (Wildman–Crippen LogP) is 3.61. The molecule has 1 aliphatic carbocycles. The molecule has 1 fully saturated rings. The van der Waals surface area contributed by atoms with E-state index < -0.39 is 5.60 Å². The molecule has 0 amide bonds. The largest absolute Gasteiger partial charge is 0.451 e. The summed E-state index contributed by atoms with van der Waals surface area (Å²) >= 11 is 0. The zero-order valence-electron chi connectivity index (χ0n) is 13.3. The second kappa shape index (κ2) is 5.08. The number of H-pyrrole nitrogens is 1. The third kappa shape index (κ3) is 2.38. The lowest BCUT2D eigenvalue weighted by Gasteiger charge is -2.17. The van der Waals surface area contributed by atoms with Crippen LogP contribution in [0.1, 0.15) is 67.1 Å². The van der Waals surface area contributed by atoms with E-state index in [0.717, 1.165) is 11.3 Å². The maximum atomic E-state index is 12.2.